The lowest BCUT2D eigenvalue weighted by Crippen LogP contribution is -1.85. The summed E-state index contributed by atoms with van der Waals surface area (Å²) >= 11 is 7.01. The molecule has 0 N–H and O–H groups in total. The topological polar surface area (TPSA) is 47.6 Å². The Labute approximate surface area is 140 Å². The highest BCUT2D eigenvalue weighted by Crippen LogP contribution is 2.28. The Morgan fingerprint density at radius 2 is 1.62 bits per heavy atom. The second-order valence-corrected chi connectivity index (χ2v) is 6.18. The van der Waals surface area contributed by atoms with E-state index >= 15 is 0 Å². The van der Waals surface area contributed by atoms with Gasteiger partial charge in [-0.05, 0) is 54.0 Å². The fourth-order valence-corrected chi connectivity index (χ4v) is 3.04. The first-order valence-corrected chi connectivity index (χ1v) is 7.71. The summed E-state index contributed by atoms with van der Waals surface area (Å²) in [4.78, 5) is 0. The number of rotatable bonds is 2. The van der Waals surface area contributed by atoms with Crippen molar-refractivity contribution >= 4 is 43.5 Å². The van der Waals surface area contributed by atoms with E-state index in [2.05, 4.69) is 44.0 Å². The van der Waals surface area contributed by atoms with E-state index in [9.17, 15) is 5.26 Å². The molecule has 0 aliphatic rings. The minimum Gasteiger partial charge on any atom is -0.192 e. The molecule has 102 valence electrons. The van der Waals surface area contributed by atoms with Crippen molar-refractivity contribution in [3.63, 3.8) is 0 Å². The summed E-state index contributed by atoms with van der Waals surface area (Å²) in [6.45, 7) is 2.01. The van der Waals surface area contributed by atoms with Crippen LogP contribution < -0.4 is 0 Å². The maximum absolute atomic E-state index is 9.35. The first-order chi connectivity index (χ1) is 10.0. The molecular weight excluding hydrogens is 392 g/mol. The van der Waals surface area contributed by atoms with Crippen LogP contribution in [0.15, 0.2) is 45.3 Å². The normalized spacial score (nSPS) is 10.8. The predicted octanol–water partition coefficient (Wildman–Crippen LogP) is 5.46. The van der Waals surface area contributed by atoms with E-state index in [1.54, 1.807) is 24.3 Å². The van der Waals surface area contributed by atoms with Crippen molar-refractivity contribution in [3.05, 3.63) is 67.6 Å². The number of halogens is 2. The Hall–Kier alpha value is -1.88. The van der Waals surface area contributed by atoms with Crippen molar-refractivity contribution < 1.29 is 0 Å². The second kappa shape index (κ2) is 6.72. The molecule has 2 aromatic carbocycles. The molecule has 0 spiro atoms. The van der Waals surface area contributed by atoms with Gasteiger partial charge in [-0.1, -0.05) is 44.0 Å². The van der Waals surface area contributed by atoms with E-state index in [0.717, 1.165) is 25.6 Å². The quantitative estimate of drug-likeness (QED) is 0.495. The SMILES string of the molecule is Cc1c(Br)cc(/C=C(/C#N)c2ccc(C#N)cc2)cc1Br. The average molecular weight is 402 g/mol. The minimum atomic E-state index is 0.558. The van der Waals surface area contributed by atoms with Gasteiger partial charge < -0.3 is 0 Å². The van der Waals surface area contributed by atoms with E-state index in [-0.39, 0.29) is 0 Å². The second-order valence-electron chi connectivity index (χ2n) is 4.47. The fourth-order valence-electron chi connectivity index (χ4n) is 1.82. The Balaban J connectivity index is 2.46. The molecule has 0 fully saturated rings. The molecule has 0 unspecified atom stereocenters. The molecule has 0 amide bonds. The number of hydrogen-bond acceptors (Lipinski definition) is 2. The van der Waals surface area contributed by atoms with Gasteiger partial charge >= 0.3 is 0 Å². The lowest BCUT2D eigenvalue weighted by atomic mass is 10.0. The van der Waals surface area contributed by atoms with Crippen LogP contribution in [0, 0.1) is 29.6 Å². The summed E-state index contributed by atoms with van der Waals surface area (Å²) in [5.41, 5.74) is 3.98. The van der Waals surface area contributed by atoms with Gasteiger partial charge in [-0.15, -0.1) is 0 Å². The largest absolute Gasteiger partial charge is 0.192 e. The number of benzene rings is 2. The summed E-state index contributed by atoms with van der Waals surface area (Å²) in [6.07, 6.45) is 1.83. The minimum absolute atomic E-state index is 0.558. The molecule has 0 atom stereocenters. The summed E-state index contributed by atoms with van der Waals surface area (Å²) in [7, 11) is 0. The van der Waals surface area contributed by atoms with Gasteiger partial charge in [0, 0.05) is 8.95 Å². The highest BCUT2D eigenvalue weighted by atomic mass is 79.9. The number of hydrogen-bond donors (Lipinski definition) is 0. The molecule has 21 heavy (non-hydrogen) atoms. The van der Waals surface area contributed by atoms with Crippen LogP contribution >= 0.6 is 31.9 Å². The van der Waals surface area contributed by atoms with Crippen molar-refractivity contribution in [2.75, 3.05) is 0 Å². The summed E-state index contributed by atoms with van der Waals surface area (Å²) < 4.78 is 1.97. The fraction of sp³-hybridized carbons (Fsp3) is 0.0588. The van der Waals surface area contributed by atoms with Crippen molar-refractivity contribution in [3.8, 4) is 12.1 Å². The lowest BCUT2D eigenvalue weighted by molar-refractivity contribution is 1.38. The maximum atomic E-state index is 9.35. The number of nitriles is 2. The van der Waals surface area contributed by atoms with Crippen molar-refractivity contribution in [1.29, 1.82) is 10.5 Å². The number of nitrogens with zero attached hydrogens (tertiary/aromatic N) is 2. The van der Waals surface area contributed by atoms with Gasteiger partial charge in [-0.25, -0.2) is 0 Å². The highest BCUT2D eigenvalue weighted by Gasteiger charge is 2.05. The van der Waals surface area contributed by atoms with Crippen LogP contribution in [-0.2, 0) is 0 Å². The maximum Gasteiger partial charge on any atom is 0.0998 e. The molecule has 0 aliphatic carbocycles. The van der Waals surface area contributed by atoms with Gasteiger partial charge in [0.25, 0.3) is 0 Å². The predicted molar refractivity (Wildman–Crippen MR) is 91.2 cm³/mol. The Morgan fingerprint density at radius 1 is 1.05 bits per heavy atom. The standard InChI is InChI=1S/C17H10Br2N2/c1-11-16(18)7-13(8-17(11)19)6-15(10-21)14-4-2-12(9-20)3-5-14/h2-8H,1H3/b15-6-. The van der Waals surface area contributed by atoms with Crippen LogP contribution in [0.2, 0.25) is 0 Å². The van der Waals surface area contributed by atoms with Crippen LogP contribution in [0.5, 0.6) is 0 Å². The third-order valence-electron chi connectivity index (χ3n) is 3.06. The third kappa shape index (κ3) is 3.61. The van der Waals surface area contributed by atoms with Crippen molar-refractivity contribution in [1.82, 2.24) is 0 Å². The molecule has 0 saturated heterocycles. The van der Waals surface area contributed by atoms with Crippen molar-refractivity contribution in [2.24, 2.45) is 0 Å². The molecule has 0 aliphatic heterocycles. The molecule has 0 bridgehead atoms. The van der Waals surface area contributed by atoms with Gasteiger partial charge in [-0.2, -0.15) is 10.5 Å². The molecular formula is C17H10Br2N2. The van der Waals surface area contributed by atoms with Crippen LogP contribution in [0.3, 0.4) is 0 Å². The van der Waals surface area contributed by atoms with Gasteiger partial charge in [0.15, 0.2) is 0 Å². The average Bonchev–Trinajstić information content (AvgIpc) is 2.50. The van der Waals surface area contributed by atoms with E-state index in [4.69, 9.17) is 5.26 Å². The smallest absolute Gasteiger partial charge is 0.0998 e. The van der Waals surface area contributed by atoms with E-state index < -0.39 is 0 Å². The van der Waals surface area contributed by atoms with E-state index in [1.807, 2.05) is 25.1 Å². The Bertz CT molecular complexity index is 768. The van der Waals surface area contributed by atoms with Crippen LogP contribution in [0.4, 0.5) is 0 Å². The van der Waals surface area contributed by atoms with Gasteiger partial charge in [0.2, 0.25) is 0 Å². The molecule has 2 rings (SSSR count). The molecule has 0 saturated carbocycles. The summed E-state index contributed by atoms with van der Waals surface area (Å²) in [5, 5.41) is 18.2. The van der Waals surface area contributed by atoms with Crippen molar-refractivity contribution in [2.45, 2.75) is 6.92 Å². The molecule has 2 nitrogen and oxygen atoms in total. The Kier molecular flexibility index (Phi) is 4.96. The zero-order valence-electron chi connectivity index (χ0n) is 11.2. The van der Waals surface area contributed by atoms with Crippen LogP contribution in [-0.4, -0.2) is 0 Å². The van der Waals surface area contributed by atoms with Gasteiger partial charge in [-0.3, -0.25) is 0 Å². The molecule has 0 aromatic heterocycles. The zero-order valence-corrected chi connectivity index (χ0v) is 14.4. The van der Waals surface area contributed by atoms with Gasteiger partial charge in [0.05, 0.1) is 23.3 Å². The van der Waals surface area contributed by atoms with Crippen LogP contribution in [0.25, 0.3) is 11.6 Å². The van der Waals surface area contributed by atoms with Gasteiger partial charge in [0.1, 0.15) is 0 Å². The first kappa shape index (κ1) is 15.5. The van der Waals surface area contributed by atoms with Crippen LogP contribution in [0.1, 0.15) is 22.3 Å². The Morgan fingerprint density at radius 3 is 2.10 bits per heavy atom. The third-order valence-corrected chi connectivity index (χ3v) is 4.71. The molecule has 4 heteroatoms. The lowest BCUT2D eigenvalue weighted by Gasteiger charge is -2.05. The molecule has 0 radical (unpaired) electrons. The summed E-state index contributed by atoms with van der Waals surface area (Å²) in [6, 6.07) is 15.2. The number of allylic oxidation sites excluding steroid dienone is 1. The zero-order chi connectivity index (χ0) is 15.4. The first-order valence-electron chi connectivity index (χ1n) is 6.13. The molecule has 0 heterocycles. The highest BCUT2D eigenvalue weighted by molar-refractivity contribution is 9.11. The summed E-state index contributed by atoms with van der Waals surface area (Å²) in [5.74, 6) is 0. The monoisotopic (exact) mass is 400 g/mol. The van der Waals surface area contributed by atoms with E-state index in [0.29, 0.717) is 11.1 Å². The van der Waals surface area contributed by atoms with E-state index in [1.165, 1.54) is 0 Å². The molecule has 2 aromatic rings.